The van der Waals surface area contributed by atoms with Crippen LogP contribution < -0.4 is 4.72 Å². The molecule has 5 nitrogen and oxygen atoms in total. The summed E-state index contributed by atoms with van der Waals surface area (Å²) in [5, 5.41) is 8.76. The van der Waals surface area contributed by atoms with Crippen LogP contribution in [0.2, 0.25) is 0 Å². The maximum atomic E-state index is 11.9. The zero-order chi connectivity index (χ0) is 15.6. The second-order valence-corrected chi connectivity index (χ2v) is 7.68. The Kier molecular flexibility index (Phi) is 5.46. The van der Waals surface area contributed by atoms with Crippen molar-refractivity contribution in [2.24, 2.45) is 0 Å². The van der Waals surface area contributed by atoms with Crippen molar-refractivity contribution in [1.82, 2.24) is 4.72 Å². The van der Waals surface area contributed by atoms with Gasteiger partial charge in [-0.15, -0.1) is 11.3 Å². The number of thiophene rings is 1. The Balaban J connectivity index is 2.72. The minimum absolute atomic E-state index is 0.146. The van der Waals surface area contributed by atoms with Crippen molar-refractivity contribution in [3.05, 3.63) is 15.8 Å². The summed E-state index contributed by atoms with van der Waals surface area (Å²) in [5.74, 6) is -1.72. The summed E-state index contributed by atoms with van der Waals surface area (Å²) in [5.41, 5.74) is -4.42. The van der Waals surface area contributed by atoms with Crippen molar-refractivity contribution in [1.29, 1.82) is 0 Å². The lowest BCUT2D eigenvalue weighted by Crippen LogP contribution is -2.27. The molecule has 0 aromatic carbocycles. The topological polar surface area (TPSA) is 83.5 Å². The van der Waals surface area contributed by atoms with E-state index in [1.165, 1.54) is 6.92 Å². The van der Waals surface area contributed by atoms with Gasteiger partial charge >= 0.3 is 11.5 Å². The van der Waals surface area contributed by atoms with E-state index >= 15 is 0 Å². The van der Waals surface area contributed by atoms with Crippen LogP contribution in [0, 0.1) is 6.92 Å². The maximum Gasteiger partial charge on any atom is 0.441 e. The Hall–Kier alpha value is -0.780. The summed E-state index contributed by atoms with van der Waals surface area (Å²) in [6.45, 7) is 1.03. The van der Waals surface area contributed by atoms with E-state index in [0.717, 1.165) is 17.4 Å². The molecule has 114 valence electrons. The van der Waals surface area contributed by atoms with Gasteiger partial charge in [-0.25, -0.2) is 17.9 Å². The lowest BCUT2D eigenvalue weighted by Gasteiger charge is -2.07. The number of alkyl halides is 3. The molecule has 0 aliphatic rings. The molecule has 1 rings (SSSR count). The van der Waals surface area contributed by atoms with Crippen LogP contribution in [0.1, 0.15) is 14.5 Å². The molecule has 0 saturated heterocycles. The van der Waals surface area contributed by atoms with Crippen LogP contribution >= 0.6 is 23.1 Å². The second kappa shape index (κ2) is 6.33. The molecule has 0 aliphatic heterocycles. The number of rotatable bonds is 6. The Labute approximate surface area is 121 Å². The van der Waals surface area contributed by atoms with E-state index in [9.17, 15) is 26.4 Å². The molecule has 20 heavy (non-hydrogen) atoms. The highest BCUT2D eigenvalue weighted by atomic mass is 32.2. The van der Waals surface area contributed by atoms with Crippen molar-refractivity contribution in [3.8, 4) is 0 Å². The number of carboxylic acids is 1. The first-order valence-electron chi connectivity index (χ1n) is 5.07. The van der Waals surface area contributed by atoms with Crippen molar-refractivity contribution in [2.75, 3.05) is 12.3 Å². The van der Waals surface area contributed by atoms with Crippen LogP contribution in [0.5, 0.6) is 0 Å². The number of carboxylic acid groups (broad SMARTS) is 1. The number of sulfonamides is 1. The number of hydrogen-bond donors (Lipinski definition) is 2. The monoisotopic (exact) mass is 349 g/mol. The summed E-state index contributed by atoms with van der Waals surface area (Å²) in [6.07, 6.45) is 0. The smallest absolute Gasteiger partial charge is 0.441 e. The van der Waals surface area contributed by atoms with Gasteiger partial charge in [-0.1, -0.05) is 0 Å². The van der Waals surface area contributed by atoms with Gasteiger partial charge in [0.05, 0.1) is 4.90 Å². The number of aryl methyl sites for hydroxylation is 1. The highest BCUT2D eigenvalue weighted by Gasteiger charge is 2.28. The van der Waals surface area contributed by atoms with Crippen LogP contribution in [-0.2, 0) is 10.0 Å². The minimum Gasteiger partial charge on any atom is -0.477 e. The Morgan fingerprint density at radius 1 is 1.50 bits per heavy atom. The summed E-state index contributed by atoms with van der Waals surface area (Å²) in [4.78, 5) is 10.6. The van der Waals surface area contributed by atoms with E-state index in [1.807, 2.05) is 4.72 Å². The molecule has 1 aromatic heterocycles. The van der Waals surface area contributed by atoms with Gasteiger partial charge in [-0.05, 0) is 24.8 Å². The standard InChI is InChI=1S/C9H10F3NO4S3/c1-5-7(4-6(19-5)8(14)15)20(16,17)13-2-3-18-9(10,11)12/h4,13H,2-3H2,1H3,(H,14,15). The van der Waals surface area contributed by atoms with Gasteiger partial charge in [0, 0.05) is 17.2 Å². The van der Waals surface area contributed by atoms with E-state index in [-0.39, 0.29) is 26.4 Å². The first kappa shape index (κ1) is 17.3. The molecule has 0 aliphatic carbocycles. The fourth-order valence-electron chi connectivity index (χ4n) is 1.26. The molecular weight excluding hydrogens is 339 g/mol. The molecule has 0 amide bonds. The maximum absolute atomic E-state index is 11.9. The molecule has 2 N–H and O–H groups in total. The van der Waals surface area contributed by atoms with Crippen LogP contribution in [0.3, 0.4) is 0 Å². The van der Waals surface area contributed by atoms with Gasteiger partial charge in [0.1, 0.15) is 4.88 Å². The molecule has 0 saturated carbocycles. The molecule has 11 heteroatoms. The summed E-state index contributed by atoms with van der Waals surface area (Å²) in [6, 6.07) is 0.988. The number of carbonyl (C=O) groups is 1. The van der Waals surface area contributed by atoms with E-state index in [0.29, 0.717) is 0 Å². The average Bonchev–Trinajstić information content (AvgIpc) is 2.66. The second-order valence-electron chi connectivity index (χ2n) is 3.53. The number of halogens is 3. The lowest BCUT2D eigenvalue weighted by atomic mass is 10.4. The van der Waals surface area contributed by atoms with E-state index < -0.39 is 33.8 Å². The zero-order valence-corrected chi connectivity index (χ0v) is 12.5. The highest BCUT2D eigenvalue weighted by Crippen LogP contribution is 2.30. The third-order valence-electron chi connectivity index (χ3n) is 2.03. The Bertz CT molecular complexity index is 594. The van der Waals surface area contributed by atoms with Crippen molar-refractivity contribution >= 4 is 39.1 Å². The van der Waals surface area contributed by atoms with Crippen molar-refractivity contribution in [2.45, 2.75) is 17.3 Å². The Morgan fingerprint density at radius 3 is 2.55 bits per heavy atom. The van der Waals surface area contributed by atoms with Crippen LogP contribution in [0.25, 0.3) is 0 Å². The largest absolute Gasteiger partial charge is 0.477 e. The third-order valence-corrected chi connectivity index (χ3v) is 5.52. The normalized spacial score (nSPS) is 12.6. The van der Waals surface area contributed by atoms with Gasteiger partial charge in [-0.2, -0.15) is 13.2 Å². The van der Waals surface area contributed by atoms with Crippen molar-refractivity contribution < 1.29 is 31.5 Å². The SMILES string of the molecule is Cc1sc(C(=O)O)cc1S(=O)(=O)NCCSC(F)(F)F. The molecule has 0 radical (unpaired) electrons. The first-order valence-corrected chi connectivity index (χ1v) is 8.35. The average molecular weight is 349 g/mol. The number of hydrogen-bond acceptors (Lipinski definition) is 5. The van der Waals surface area contributed by atoms with Crippen molar-refractivity contribution in [3.63, 3.8) is 0 Å². The van der Waals surface area contributed by atoms with Gasteiger partial charge in [0.25, 0.3) is 0 Å². The predicted molar refractivity (Wildman–Crippen MR) is 69.7 cm³/mol. The number of thioether (sulfide) groups is 1. The lowest BCUT2D eigenvalue weighted by molar-refractivity contribution is -0.0327. The van der Waals surface area contributed by atoms with E-state index in [4.69, 9.17) is 5.11 Å². The molecule has 0 unspecified atom stereocenters. The number of nitrogens with one attached hydrogen (secondary N) is 1. The predicted octanol–water partition coefficient (Wildman–Crippen LogP) is 2.29. The first-order chi connectivity index (χ1) is 9.03. The van der Waals surface area contributed by atoms with Gasteiger partial charge in [0.2, 0.25) is 10.0 Å². The van der Waals surface area contributed by atoms with E-state index in [2.05, 4.69) is 0 Å². The van der Waals surface area contributed by atoms with Gasteiger partial charge < -0.3 is 5.11 Å². The fraction of sp³-hybridized carbons (Fsp3) is 0.444. The molecule has 0 fully saturated rings. The van der Waals surface area contributed by atoms with Gasteiger partial charge in [-0.3, -0.25) is 0 Å². The molecule has 0 atom stereocenters. The summed E-state index contributed by atoms with van der Waals surface area (Å²) >= 11 is 0.454. The Morgan fingerprint density at radius 2 is 2.10 bits per heavy atom. The highest BCUT2D eigenvalue weighted by molar-refractivity contribution is 8.00. The van der Waals surface area contributed by atoms with Crippen LogP contribution in [0.4, 0.5) is 13.2 Å². The van der Waals surface area contributed by atoms with Crippen LogP contribution in [-0.4, -0.2) is 37.3 Å². The third kappa shape index (κ3) is 4.96. The minimum atomic E-state index is -4.42. The molecule has 0 spiro atoms. The molecule has 1 aromatic rings. The van der Waals surface area contributed by atoms with E-state index in [1.54, 1.807) is 0 Å². The summed E-state index contributed by atoms with van der Waals surface area (Å²) < 4.78 is 61.3. The van der Waals surface area contributed by atoms with Crippen LogP contribution in [0.15, 0.2) is 11.0 Å². The summed E-state index contributed by atoms with van der Waals surface area (Å²) in [7, 11) is -4.00. The van der Waals surface area contributed by atoms with Gasteiger partial charge in [0.15, 0.2) is 0 Å². The number of aromatic carboxylic acids is 1. The zero-order valence-electron chi connectivity index (χ0n) is 10.0. The fourth-order valence-corrected chi connectivity index (χ4v) is 4.28. The molecule has 0 bridgehead atoms. The quantitative estimate of drug-likeness (QED) is 0.770. The molecular formula is C9H10F3NO4S3. The molecule has 1 heterocycles.